The Morgan fingerprint density at radius 2 is 1.74 bits per heavy atom. The number of rotatable bonds is 1. The summed E-state index contributed by atoms with van der Waals surface area (Å²) in [7, 11) is 0. The van der Waals surface area contributed by atoms with Crippen molar-refractivity contribution < 1.29 is 9.53 Å². The molecule has 2 saturated heterocycles. The maximum Gasteiger partial charge on any atom is 0.414 e. The molecule has 0 bridgehead atoms. The molecule has 2 aliphatic rings. The van der Waals surface area contributed by atoms with E-state index in [-0.39, 0.29) is 6.09 Å². The minimum absolute atomic E-state index is 0.197. The summed E-state index contributed by atoms with van der Waals surface area (Å²) in [5, 5.41) is 0. The second-order valence-electron chi connectivity index (χ2n) is 6.45. The maximum absolute atomic E-state index is 12.2. The Morgan fingerprint density at radius 3 is 2.37 bits per heavy atom. The maximum atomic E-state index is 12.2. The lowest BCUT2D eigenvalue weighted by atomic mass is 10.1. The number of amides is 1. The van der Waals surface area contributed by atoms with Crippen LogP contribution in [0.1, 0.15) is 52.9 Å². The van der Waals surface area contributed by atoms with Crippen LogP contribution in [-0.4, -0.2) is 41.1 Å². The largest absolute Gasteiger partial charge is 0.443 e. The van der Waals surface area contributed by atoms with Crippen LogP contribution < -0.4 is 0 Å². The molecule has 2 rings (SSSR count). The van der Waals surface area contributed by atoms with Crippen molar-refractivity contribution in [3.63, 3.8) is 0 Å². The van der Waals surface area contributed by atoms with Crippen LogP contribution in [0.25, 0.3) is 0 Å². The monoisotopic (exact) mass is 266 g/mol. The lowest BCUT2D eigenvalue weighted by Gasteiger charge is -2.32. The quantitative estimate of drug-likeness (QED) is 0.729. The first-order valence-corrected chi connectivity index (χ1v) is 7.41. The van der Waals surface area contributed by atoms with Crippen molar-refractivity contribution in [2.24, 2.45) is 0 Å². The smallest absolute Gasteiger partial charge is 0.414 e. The van der Waals surface area contributed by atoms with Crippen LogP contribution in [0.3, 0.4) is 0 Å². The molecule has 0 unspecified atom stereocenters. The number of hydrogen-bond donors (Lipinski definition) is 0. The molecule has 0 spiro atoms. The molecular formula is C15H26N2O2. The van der Waals surface area contributed by atoms with Crippen LogP contribution in [-0.2, 0) is 4.74 Å². The summed E-state index contributed by atoms with van der Waals surface area (Å²) < 4.78 is 5.50. The molecule has 2 heterocycles. The normalized spacial score (nSPS) is 23.0. The Kier molecular flexibility index (Phi) is 4.38. The Balaban J connectivity index is 2.04. The highest BCUT2D eigenvalue weighted by Crippen LogP contribution is 2.24. The van der Waals surface area contributed by atoms with E-state index in [0.29, 0.717) is 0 Å². The molecule has 2 fully saturated rings. The van der Waals surface area contributed by atoms with Crippen molar-refractivity contribution in [1.29, 1.82) is 0 Å². The molecule has 4 nitrogen and oxygen atoms in total. The topological polar surface area (TPSA) is 32.8 Å². The molecule has 1 amide bonds. The molecule has 108 valence electrons. The van der Waals surface area contributed by atoms with Crippen LogP contribution in [0.5, 0.6) is 0 Å². The van der Waals surface area contributed by atoms with Gasteiger partial charge in [-0.2, -0.15) is 0 Å². The first kappa shape index (κ1) is 14.2. The molecule has 19 heavy (non-hydrogen) atoms. The van der Waals surface area contributed by atoms with Gasteiger partial charge in [0, 0.05) is 31.5 Å². The van der Waals surface area contributed by atoms with E-state index in [4.69, 9.17) is 4.74 Å². The number of carbonyl (C=O) groups is 1. The fourth-order valence-electron chi connectivity index (χ4n) is 2.60. The highest BCUT2D eigenvalue weighted by atomic mass is 16.6. The van der Waals surface area contributed by atoms with Gasteiger partial charge in [-0.15, -0.1) is 0 Å². The van der Waals surface area contributed by atoms with Crippen molar-refractivity contribution in [3.8, 4) is 0 Å². The second-order valence-corrected chi connectivity index (χ2v) is 6.45. The lowest BCUT2D eigenvalue weighted by Crippen LogP contribution is -2.39. The number of carbonyl (C=O) groups excluding carboxylic acids is 1. The molecule has 0 atom stereocenters. The minimum atomic E-state index is -0.423. The molecule has 0 aromatic heterocycles. The number of hydrogen-bond acceptors (Lipinski definition) is 3. The van der Waals surface area contributed by atoms with Crippen molar-refractivity contribution in [2.45, 2.75) is 58.5 Å². The van der Waals surface area contributed by atoms with Gasteiger partial charge in [0.1, 0.15) is 5.60 Å². The SMILES string of the molecule is CC(C)(C)OC(=O)N1CCCCC1=CN1CCCC1. The Morgan fingerprint density at radius 1 is 1.11 bits per heavy atom. The Bertz CT molecular complexity index is 352. The van der Waals surface area contributed by atoms with E-state index in [9.17, 15) is 4.79 Å². The summed E-state index contributed by atoms with van der Waals surface area (Å²) in [5.41, 5.74) is 0.704. The number of ether oxygens (including phenoxy) is 1. The molecular weight excluding hydrogens is 240 g/mol. The van der Waals surface area contributed by atoms with Crippen LogP contribution in [0.15, 0.2) is 11.9 Å². The summed E-state index contributed by atoms with van der Waals surface area (Å²) in [4.78, 5) is 16.4. The summed E-state index contributed by atoms with van der Waals surface area (Å²) >= 11 is 0. The van der Waals surface area contributed by atoms with Gasteiger partial charge in [-0.3, -0.25) is 4.90 Å². The van der Waals surface area contributed by atoms with Gasteiger partial charge in [0.15, 0.2) is 0 Å². The van der Waals surface area contributed by atoms with Crippen molar-refractivity contribution in [3.05, 3.63) is 11.9 Å². The van der Waals surface area contributed by atoms with Crippen molar-refractivity contribution in [2.75, 3.05) is 19.6 Å². The highest BCUT2D eigenvalue weighted by molar-refractivity contribution is 5.70. The van der Waals surface area contributed by atoms with Gasteiger partial charge >= 0.3 is 6.09 Å². The summed E-state index contributed by atoms with van der Waals surface area (Å²) in [6, 6.07) is 0. The van der Waals surface area contributed by atoms with Crippen LogP contribution in [0.2, 0.25) is 0 Å². The third kappa shape index (κ3) is 4.15. The number of allylic oxidation sites excluding steroid dienone is 1. The summed E-state index contributed by atoms with van der Waals surface area (Å²) in [5.74, 6) is 0. The fraction of sp³-hybridized carbons (Fsp3) is 0.800. The summed E-state index contributed by atoms with van der Waals surface area (Å²) in [6.07, 6.45) is 7.71. The molecule has 0 aromatic carbocycles. The summed E-state index contributed by atoms with van der Waals surface area (Å²) in [6.45, 7) is 8.77. The van der Waals surface area contributed by atoms with Crippen LogP contribution in [0, 0.1) is 0 Å². The Labute approximate surface area is 116 Å². The predicted molar refractivity (Wildman–Crippen MR) is 75.7 cm³/mol. The van der Waals surface area contributed by atoms with Gasteiger partial charge in [0.05, 0.1) is 0 Å². The molecule has 4 heteroatoms. The van der Waals surface area contributed by atoms with Gasteiger partial charge in [0.2, 0.25) is 0 Å². The first-order valence-electron chi connectivity index (χ1n) is 7.41. The van der Waals surface area contributed by atoms with E-state index in [2.05, 4.69) is 11.1 Å². The third-order valence-electron chi connectivity index (χ3n) is 3.50. The van der Waals surface area contributed by atoms with Gasteiger partial charge in [-0.1, -0.05) is 0 Å². The van der Waals surface area contributed by atoms with E-state index in [1.807, 2.05) is 25.7 Å². The van der Waals surface area contributed by atoms with Gasteiger partial charge in [0.25, 0.3) is 0 Å². The van der Waals surface area contributed by atoms with E-state index in [0.717, 1.165) is 38.2 Å². The molecule has 0 N–H and O–H groups in total. The van der Waals surface area contributed by atoms with E-state index < -0.39 is 5.60 Å². The first-order chi connectivity index (χ1) is 8.96. The lowest BCUT2D eigenvalue weighted by molar-refractivity contribution is 0.0283. The molecule has 0 aromatic rings. The zero-order chi connectivity index (χ0) is 13.9. The van der Waals surface area contributed by atoms with Crippen molar-refractivity contribution in [1.82, 2.24) is 9.80 Å². The highest BCUT2D eigenvalue weighted by Gasteiger charge is 2.27. The zero-order valence-electron chi connectivity index (χ0n) is 12.4. The van der Waals surface area contributed by atoms with E-state index >= 15 is 0 Å². The molecule has 0 saturated carbocycles. The van der Waals surface area contributed by atoms with Crippen LogP contribution >= 0.6 is 0 Å². The Hall–Kier alpha value is -1.19. The van der Waals surface area contributed by atoms with Crippen LogP contribution in [0.4, 0.5) is 4.79 Å². The molecule has 2 aliphatic heterocycles. The van der Waals surface area contributed by atoms with E-state index in [1.54, 1.807) is 0 Å². The van der Waals surface area contributed by atoms with E-state index in [1.165, 1.54) is 19.3 Å². The third-order valence-corrected chi connectivity index (χ3v) is 3.50. The van der Waals surface area contributed by atoms with Crippen molar-refractivity contribution >= 4 is 6.09 Å². The second kappa shape index (κ2) is 5.85. The minimum Gasteiger partial charge on any atom is -0.443 e. The molecule has 0 radical (unpaired) electrons. The number of piperidine rings is 1. The fourth-order valence-corrected chi connectivity index (χ4v) is 2.60. The predicted octanol–water partition coefficient (Wildman–Crippen LogP) is 3.34. The number of nitrogens with zero attached hydrogens (tertiary/aromatic N) is 2. The standard InChI is InChI=1S/C15H26N2O2/c1-15(2,3)19-14(18)17-11-5-4-8-13(17)12-16-9-6-7-10-16/h12H,4-11H2,1-3H3. The number of likely N-dealkylation sites (tertiary alicyclic amines) is 2. The molecule has 0 aliphatic carbocycles. The average Bonchev–Trinajstić information content (AvgIpc) is 2.80. The average molecular weight is 266 g/mol. The van der Waals surface area contributed by atoms with Gasteiger partial charge in [-0.05, 0) is 52.9 Å². The van der Waals surface area contributed by atoms with Gasteiger partial charge in [-0.25, -0.2) is 4.79 Å². The zero-order valence-corrected chi connectivity index (χ0v) is 12.4. The van der Waals surface area contributed by atoms with Gasteiger partial charge < -0.3 is 9.64 Å².